The van der Waals surface area contributed by atoms with E-state index in [2.05, 4.69) is 13.8 Å². The summed E-state index contributed by atoms with van der Waals surface area (Å²) in [6.07, 6.45) is 2.60. The molecule has 0 aliphatic rings. The zero-order chi connectivity index (χ0) is 13.4. The van der Waals surface area contributed by atoms with E-state index in [1.54, 1.807) is 0 Å². The molecule has 3 heteroatoms. The SMILES string of the molecule is CC(C)CCCOC(CC(=N)N)c1ccccc1. The van der Waals surface area contributed by atoms with E-state index < -0.39 is 0 Å². The molecule has 1 atom stereocenters. The van der Waals surface area contributed by atoms with Crippen molar-refractivity contribution in [3.8, 4) is 0 Å². The van der Waals surface area contributed by atoms with Crippen molar-refractivity contribution in [2.24, 2.45) is 11.7 Å². The molecule has 0 aliphatic carbocycles. The second-order valence-electron chi connectivity index (χ2n) is 5.04. The largest absolute Gasteiger partial charge is 0.388 e. The topological polar surface area (TPSA) is 59.1 Å². The van der Waals surface area contributed by atoms with Gasteiger partial charge in [-0.1, -0.05) is 44.2 Å². The molecule has 1 rings (SSSR count). The molecule has 0 bridgehead atoms. The maximum atomic E-state index is 7.42. The highest BCUT2D eigenvalue weighted by atomic mass is 16.5. The Bertz CT molecular complexity index is 349. The summed E-state index contributed by atoms with van der Waals surface area (Å²) < 4.78 is 5.87. The number of rotatable bonds is 8. The minimum atomic E-state index is -0.0872. The molecular formula is C15H24N2O. The lowest BCUT2D eigenvalue weighted by Crippen LogP contribution is -2.17. The molecule has 0 amide bonds. The van der Waals surface area contributed by atoms with Crippen LogP contribution in [0.4, 0.5) is 0 Å². The maximum absolute atomic E-state index is 7.42. The lowest BCUT2D eigenvalue weighted by atomic mass is 10.1. The molecule has 0 aliphatic heterocycles. The molecule has 0 radical (unpaired) electrons. The van der Waals surface area contributed by atoms with Crippen molar-refractivity contribution >= 4 is 5.84 Å². The van der Waals surface area contributed by atoms with Crippen LogP contribution in [0.5, 0.6) is 0 Å². The second kappa shape index (κ2) is 7.88. The van der Waals surface area contributed by atoms with Crippen molar-refractivity contribution in [1.82, 2.24) is 0 Å². The lowest BCUT2D eigenvalue weighted by Gasteiger charge is -2.18. The van der Waals surface area contributed by atoms with Gasteiger partial charge in [-0.05, 0) is 24.3 Å². The van der Waals surface area contributed by atoms with E-state index in [1.165, 1.54) is 6.42 Å². The molecule has 0 spiro atoms. The molecule has 3 N–H and O–H groups in total. The third-order valence-corrected chi connectivity index (χ3v) is 2.82. The van der Waals surface area contributed by atoms with Crippen molar-refractivity contribution in [2.75, 3.05) is 6.61 Å². The summed E-state index contributed by atoms with van der Waals surface area (Å²) in [7, 11) is 0. The number of benzene rings is 1. The standard InChI is InChI=1S/C15H24N2O/c1-12(2)7-6-10-18-14(11-15(16)17)13-8-4-3-5-9-13/h3-5,8-9,12,14H,6-7,10-11H2,1-2H3,(H3,16,17). The van der Waals surface area contributed by atoms with E-state index in [1.807, 2.05) is 30.3 Å². The summed E-state index contributed by atoms with van der Waals surface area (Å²) in [6, 6.07) is 10.00. The quantitative estimate of drug-likeness (QED) is 0.420. The van der Waals surface area contributed by atoms with Crippen LogP contribution in [0.25, 0.3) is 0 Å². The molecule has 0 saturated heterocycles. The smallest absolute Gasteiger partial charge is 0.0934 e. The van der Waals surface area contributed by atoms with E-state index in [0.717, 1.165) is 18.6 Å². The van der Waals surface area contributed by atoms with Crippen LogP contribution in [0.15, 0.2) is 30.3 Å². The lowest BCUT2D eigenvalue weighted by molar-refractivity contribution is 0.0533. The van der Waals surface area contributed by atoms with Crippen LogP contribution in [-0.4, -0.2) is 12.4 Å². The van der Waals surface area contributed by atoms with E-state index in [0.29, 0.717) is 12.3 Å². The van der Waals surface area contributed by atoms with E-state index in [4.69, 9.17) is 15.9 Å². The van der Waals surface area contributed by atoms with Crippen LogP contribution in [0, 0.1) is 11.3 Å². The van der Waals surface area contributed by atoms with E-state index in [-0.39, 0.29) is 11.9 Å². The predicted molar refractivity (Wildman–Crippen MR) is 75.7 cm³/mol. The molecule has 100 valence electrons. The Hall–Kier alpha value is -1.35. The first-order valence-corrected chi connectivity index (χ1v) is 6.59. The average molecular weight is 248 g/mol. The monoisotopic (exact) mass is 248 g/mol. The number of hydrogen-bond acceptors (Lipinski definition) is 2. The summed E-state index contributed by atoms with van der Waals surface area (Å²) in [4.78, 5) is 0. The fourth-order valence-corrected chi connectivity index (χ4v) is 1.86. The van der Waals surface area contributed by atoms with Crippen LogP contribution in [-0.2, 0) is 4.74 Å². The fraction of sp³-hybridized carbons (Fsp3) is 0.533. The highest BCUT2D eigenvalue weighted by Gasteiger charge is 2.12. The van der Waals surface area contributed by atoms with Crippen LogP contribution in [0.3, 0.4) is 0 Å². The average Bonchev–Trinajstić information content (AvgIpc) is 2.33. The van der Waals surface area contributed by atoms with Gasteiger partial charge in [0.1, 0.15) is 0 Å². The number of hydrogen-bond donors (Lipinski definition) is 2. The zero-order valence-corrected chi connectivity index (χ0v) is 11.4. The van der Waals surface area contributed by atoms with Gasteiger partial charge < -0.3 is 10.5 Å². The summed E-state index contributed by atoms with van der Waals surface area (Å²) in [6.45, 7) is 5.15. The van der Waals surface area contributed by atoms with Gasteiger partial charge in [-0.15, -0.1) is 0 Å². The number of nitrogens with one attached hydrogen (secondary N) is 1. The van der Waals surface area contributed by atoms with Gasteiger partial charge in [0.05, 0.1) is 11.9 Å². The third-order valence-electron chi connectivity index (χ3n) is 2.82. The van der Waals surface area contributed by atoms with Gasteiger partial charge >= 0.3 is 0 Å². The molecule has 0 aromatic heterocycles. The minimum Gasteiger partial charge on any atom is -0.388 e. The van der Waals surface area contributed by atoms with Crippen molar-refractivity contribution in [2.45, 2.75) is 39.2 Å². The molecule has 1 aromatic rings. The Morgan fingerprint density at radius 3 is 2.50 bits per heavy atom. The van der Waals surface area contributed by atoms with Gasteiger partial charge in [-0.25, -0.2) is 0 Å². The second-order valence-corrected chi connectivity index (χ2v) is 5.04. The fourth-order valence-electron chi connectivity index (χ4n) is 1.86. The molecule has 3 nitrogen and oxygen atoms in total. The Morgan fingerprint density at radius 2 is 1.94 bits per heavy atom. The molecule has 0 fully saturated rings. The van der Waals surface area contributed by atoms with Crippen LogP contribution in [0.1, 0.15) is 44.8 Å². The summed E-state index contributed by atoms with van der Waals surface area (Å²) >= 11 is 0. The van der Waals surface area contributed by atoms with Gasteiger partial charge in [0.2, 0.25) is 0 Å². The highest BCUT2D eigenvalue weighted by Crippen LogP contribution is 2.21. The maximum Gasteiger partial charge on any atom is 0.0934 e. The van der Waals surface area contributed by atoms with Crippen molar-refractivity contribution in [1.29, 1.82) is 5.41 Å². The van der Waals surface area contributed by atoms with Gasteiger partial charge in [0.15, 0.2) is 0 Å². The molecular weight excluding hydrogens is 224 g/mol. The number of nitrogens with two attached hydrogens (primary N) is 1. The molecule has 0 saturated carbocycles. The molecule has 1 aromatic carbocycles. The first-order chi connectivity index (χ1) is 8.59. The Kier molecular flexibility index (Phi) is 6.44. The van der Waals surface area contributed by atoms with E-state index >= 15 is 0 Å². The van der Waals surface area contributed by atoms with Crippen LogP contribution in [0.2, 0.25) is 0 Å². The van der Waals surface area contributed by atoms with Crippen LogP contribution >= 0.6 is 0 Å². The number of ether oxygens (including phenoxy) is 1. The van der Waals surface area contributed by atoms with Gasteiger partial charge in [-0.2, -0.15) is 0 Å². The third kappa shape index (κ3) is 5.82. The summed E-state index contributed by atoms with van der Waals surface area (Å²) in [5.74, 6) is 0.879. The minimum absolute atomic E-state index is 0.0872. The molecule has 0 heterocycles. The first-order valence-electron chi connectivity index (χ1n) is 6.59. The van der Waals surface area contributed by atoms with Gasteiger partial charge in [-0.3, -0.25) is 5.41 Å². The Balaban J connectivity index is 2.49. The summed E-state index contributed by atoms with van der Waals surface area (Å²) in [5, 5.41) is 7.42. The normalized spacial score (nSPS) is 12.6. The van der Waals surface area contributed by atoms with E-state index in [9.17, 15) is 0 Å². The first kappa shape index (κ1) is 14.7. The zero-order valence-electron chi connectivity index (χ0n) is 11.4. The van der Waals surface area contributed by atoms with Crippen LogP contribution < -0.4 is 5.73 Å². The molecule has 1 unspecified atom stereocenters. The van der Waals surface area contributed by atoms with Gasteiger partial charge in [0.25, 0.3) is 0 Å². The van der Waals surface area contributed by atoms with Crippen molar-refractivity contribution in [3.63, 3.8) is 0 Å². The predicted octanol–water partition coefficient (Wildman–Crippen LogP) is 3.51. The van der Waals surface area contributed by atoms with Crippen molar-refractivity contribution < 1.29 is 4.74 Å². The number of amidine groups is 1. The highest BCUT2D eigenvalue weighted by molar-refractivity contribution is 5.77. The van der Waals surface area contributed by atoms with Gasteiger partial charge in [0, 0.05) is 13.0 Å². The molecule has 18 heavy (non-hydrogen) atoms. The Morgan fingerprint density at radius 1 is 1.28 bits per heavy atom. The summed E-state index contributed by atoms with van der Waals surface area (Å²) in [5.41, 5.74) is 6.58. The Labute approximate surface area is 110 Å². The van der Waals surface area contributed by atoms with Crippen molar-refractivity contribution in [3.05, 3.63) is 35.9 Å².